The maximum absolute atomic E-state index is 13.8. The van der Waals surface area contributed by atoms with Crippen LogP contribution in [0.4, 0.5) is 0 Å². The van der Waals surface area contributed by atoms with Crippen LogP contribution in [0.5, 0.6) is 0 Å². The topological polar surface area (TPSA) is 109 Å². The van der Waals surface area contributed by atoms with Gasteiger partial charge in [0.05, 0.1) is 45.3 Å². The van der Waals surface area contributed by atoms with Crippen molar-refractivity contribution < 1.29 is 14.4 Å². The fourth-order valence-corrected chi connectivity index (χ4v) is 6.90. The molecule has 0 saturated carbocycles. The van der Waals surface area contributed by atoms with Crippen LogP contribution in [-0.4, -0.2) is 73.3 Å². The molecule has 9 nitrogen and oxygen atoms in total. The number of Topliss-reactive ketones (excluding diaryl/α,β-unsaturated/α-hetero) is 3. The predicted molar refractivity (Wildman–Crippen MR) is 160 cm³/mol. The fourth-order valence-electron chi connectivity index (χ4n) is 6.90. The fraction of sp³-hybridized carbons (Fsp3) is 0.424. The molecule has 2 unspecified atom stereocenters. The molecule has 2 aliphatic heterocycles. The lowest BCUT2D eigenvalue weighted by molar-refractivity contribution is -0.161. The molecule has 0 amide bonds. The van der Waals surface area contributed by atoms with Crippen molar-refractivity contribution in [2.75, 3.05) is 26.2 Å². The Bertz CT molecular complexity index is 1630. The van der Waals surface area contributed by atoms with E-state index in [-0.39, 0.29) is 23.7 Å². The molecule has 2 atom stereocenters. The Balaban J connectivity index is 1.24. The van der Waals surface area contributed by atoms with Gasteiger partial charge in [0.2, 0.25) is 0 Å². The monoisotopic (exact) mass is 564 g/mol. The maximum atomic E-state index is 13.8. The van der Waals surface area contributed by atoms with Gasteiger partial charge >= 0.3 is 0 Å². The zero-order valence-corrected chi connectivity index (χ0v) is 25.0. The van der Waals surface area contributed by atoms with Crippen LogP contribution < -0.4 is 0 Å². The first-order valence-corrected chi connectivity index (χ1v) is 14.5. The zero-order chi connectivity index (χ0) is 30.0. The number of aromatic nitrogens is 4. The molecular formula is C33H36N6O3. The summed E-state index contributed by atoms with van der Waals surface area (Å²) in [6.07, 6.45) is 3.07. The molecule has 2 bridgehead atoms. The van der Waals surface area contributed by atoms with E-state index < -0.39 is 10.8 Å². The molecule has 0 N–H and O–H groups in total. The molecule has 2 aliphatic rings. The first kappa shape index (κ1) is 28.2. The molecule has 2 saturated heterocycles. The lowest BCUT2D eigenvalue weighted by Crippen LogP contribution is -2.68. The highest BCUT2D eigenvalue weighted by Gasteiger charge is 2.56. The number of nitrogens with zero attached hydrogens (tertiary/aromatic N) is 6. The number of likely N-dealkylation sites (tertiary alicyclic amines) is 2. The summed E-state index contributed by atoms with van der Waals surface area (Å²) in [5, 5.41) is 0. The van der Waals surface area contributed by atoms with Crippen LogP contribution in [0.25, 0.3) is 22.1 Å². The van der Waals surface area contributed by atoms with Crippen molar-refractivity contribution in [2.24, 2.45) is 10.8 Å². The van der Waals surface area contributed by atoms with Crippen molar-refractivity contribution in [3.63, 3.8) is 0 Å². The van der Waals surface area contributed by atoms with Crippen molar-refractivity contribution in [2.45, 2.75) is 53.6 Å². The number of carbonyl (C=O) groups is 3. The third-order valence-electron chi connectivity index (χ3n) is 9.22. The van der Waals surface area contributed by atoms with Crippen LogP contribution in [0.2, 0.25) is 0 Å². The summed E-state index contributed by atoms with van der Waals surface area (Å²) in [6, 6.07) is 12.2. The molecule has 0 radical (unpaired) electrons. The highest BCUT2D eigenvalue weighted by Crippen LogP contribution is 2.46. The molecule has 2 aromatic carbocycles. The van der Waals surface area contributed by atoms with Gasteiger partial charge in [-0.25, -0.2) is 9.97 Å². The normalized spacial score (nSPS) is 24.6. The third kappa shape index (κ3) is 4.80. The van der Waals surface area contributed by atoms with E-state index in [0.717, 1.165) is 22.2 Å². The molecule has 2 fully saturated rings. The van der Waals surface area contributed by atoms with Crippen molar-refractivity contribution in [3.8, 4) is 0 Å². The molecule has 0 aliphatic carbocycles. The lowest BCUT2D eigenvalue weighted by Gasteiger charge is -2.57. The van der Waals surface area contributed by atoms with Crippen molar-refractivity contribution >= 4 is 39.4 Å². The highest BCUT2D eigenvalue weighted by atomic mass is 16.1. The van der Waals surface area contributed by atoms with Crippen LogP contribution in [0.15, 0.2) is 48.8 Å². The smallest absolute Gasteiger partial charge is 0.179 e. The average molecular weight is 565 g/mol. The summed E-state index contributed by atoms with van der Waals surface area (Å²) in [6.45, 7) is 14.2. The standard InChI is InChI=1S/C33H36N6O3/c1-19(23-7-9-25-27(11-23)34-13-29(36-25)21(3)40)38-15-32(5)17-39(18-33(6,16-38)31(32)42)20(2)24-8-10-26-28(12-24)35-14-30(37-26)22(4)41/h7-14,19-20H,15-18H2,1-6H3. The summed E-state index contributed by atoms with van der Waals surface area (Å²) in [4.78, 5) is 60.0. The van der Waals surface area contributed by atoms with Gasteiger partial charge in [-0.2, -0.15) is 0 Å². The predicted octanol–water partition coefficient (Wildman–Crippen LogP) is 5.01. The van der Waals surface area contributed by atoms with Crippen LogP contribution in [0.3, 0.4) is 0 Å². The molecule has 9 heteroatoms. The van der Waals surface area contributed by atoms with Gasteiger partial charge in [0.25, 0.3) is 0 Å². The summed E-state index contributed by atoms with van der Waals surface area (Å²) < 4.78 is 0. The highest BCUT2D eigenvalue weighted by molar-refractivity contribution is 5.94. The van der Waals surface area contributed by atoms with E-state index in [2.05, 4.69) is 69.6 Å². The molecule has 216 valence electrons. The Morgan fingerprint density at radius 2 is 1.07 bits per heavy atom. The first-order valence-electron chi connectivity index (χ1n) is 14.5. The van der Waals surface area contributed by atoms with Crippen molar-refractivity contribution in [1.82, 2.24) is 29.7 Å². The van der Waals surface area contributed by atoms with Gasteiger partial charge in [0, 0.05) is 52.1 Å². The van der Waals surface area contributed by atoms with Gasteiger partial charge in [0.15, 0.2) is 11.6 Å². The van der Waals surface area contributed by atoms with E-state index in [9.17, 15) is 14.4 Å². The molecule has 6 rings (SSSR count). The quantitative estimate of drug-likeness (QED) is 0.298. The number of carbonyl (C=O) groups excluding carboxylic acids is 3. The van der Waals surface area contributed by atoms with Gasteiger partial charge in [0.1, 0.15) is 17.2 Å². The minimum atomic E-state index is -0.520. The van der Waals surface area contributed by atoms with Gasteiger partial charge in [-0.15, -0.1) is 0 Å². The first-order chi connectivity index (χ1) is 19.9. The number of hydrogen-bond acceptors (Lipinski definition) is 9. The second-order valence-electron chi connectivity index (χ2n) is 12.7. The second-order valence-corrected chi connectivity index (χ2v) is 12.7. The van der Waals surface area contributed by atoms with Crippen molar-refractivity contribution in [1.29, 1.82) is 0 Å². The Kier molecular flexibility index (Phi) is 6.78. The summed E-state index contributed by atoms with van der Waals surface area (Å²) in [5.74, 6) is 0.131. The summed E-state index contributed by atoms with van der Waals surface area (Å²) >= 11 is 0. The van der Waals surface area contributed by atoms with E-state index >= 15 is 0 Å². The number of ketones is 3. The number of piperidine rings is 2. The van der Waals surface area contributed by atoms with Crippen LogP contribution >= 0.6 is 0 Å². The summed E-state index contributed by atoms with van der Waals surface area (Å²) in [5.41, 5.74) is 4.83. The maximum Gasteiger partial charge on any atom is 0.179 e. The molecular weight excluding hydrogens is 528 g/mol. The van der Waals surface area contributed by atoms with Gasteiger partial charge in [-0.05, 0) is 49.2 Å². The molecule has 4 heterocycles. The Hall–Kier alpha value is -3.95. The van der Waals surface area contributed by atoms with E-state index in [1.807, 2.05) is 24.3 Å². The van der Waals surface area contributed by atoms with E-state index in [0.29, 0.717) is 54.4 Å². The molecule has 2 aromatic heterocycles. The van der Waals surface area contributed by atoms with Crippen LogP contribution in [0, 0.1) is 10.8 Å². The van der Waals surface area contributed by atoms with Gasteiger partial charge < -0.3 is 0 Å². The number of fused-ring (bicyclic) bond motifs is 4. The Labute approximate surface area is 245 Å². The van der Waals surface area contributed by atoms with E-state index in [1.165, 1.54) is 26.2 Å². The molecule has 0 spiro atoms. The average Bonchev–Trinajstić information content (AvgIpc) is 2.96. The lowest BCUT2D eigenvalue weighted by atomic mass is 9.63. The third-order valence-corrected chi connectivity index (χ3v) is 9.22. The van der Waals surface area contributed by atoms with Gasteiger partial charge in [-0.1, -0.05) is 26.0 Å². The number of benzene rings is 2. The Morgan fingerprint density at radius 3 is 1.43 bits per heavy atom. The van der Waals surface area contributed by atoms with E-state index in [4.69, 9.17) is 0 Å². The molecule has 42 heavy (non-hydrogen) atoms. The second kappa shape index (κ2) is 10.1. The van der Waals surface area contributed by atoms with E-state index in [1.54, 1.807) is 0 Å². The number of rotatable bonds is 6. The molecule has 4 aromatic rings. The van der Waals surface area contributed by atoms with Crippen LogP contribution in [-0.2, 0) is 4.79 Å². The minimum absolute atomic E-state index is 0.0818. The SMILES string of the molecule is CC(=O)c1cnc2cc(C(C)N3CC4(C)CN(C(C)c5ccc6nc(C(C)=O)cnc6c5)CC(C)(C3)C4=O)ccc2n1. The van der Waals surface area contributed by atoms with Crippen LogP contribution in [0.1, 0.15) is 85.7 Å². The largest absolute Gasteiger partial charge is 0.298 e. The minimum Gasteiger partial charge on any atom is -0.298 e. The summed E-state index contributed by atoms with van der Waals surface area (Å²) in [7, 11) is 0. The number of hydrogen-bond donors (Lipinski definition) is 0. The zero-order valence-electron chi connectivity index (χ0n) is 25.0. The Morgan fingerprint density at radius 1 is 0.690 bits per heavy atom. The van der Waals surface area contributed by atoms with Gasteiger partial charge in [-0.3, -0.25) is 34.2 Å². The van der Waals surface area contributed by atoms with Crippen molar-refractivity contribution in [3.05, 3.63) is 71.3 Å².